The van der Waals surface area contributed by atoms with E-state index in [2.05, 4.69) is 11.8 Å². The Morgan fingerprint density at radius 1 is 1.00 bits per heavy atom. The van der Waals surface area contributed by atoms with Crippen LogP contribution >= 0.6 is 0 Å². The maximum atomic E-state index is 13.1. The molecule has 168 valence electrons. The number of unbranched alkanes of at least 4 members (excludes halogenated alkanes) is 1. The Hall–Kier alpha value is -2.34. The van der Waals surface area contributed by atoms with Gasteiger partial charge in [-0.2, -0.15) is 0 Å². The van der Waals surface area contributed by atoms with E-state index in [1.54, 1.807) is 16.7 Å². The number of aromatic hydroxyl groups is 2. The van der Waals surface area contributed by atoms with Gasteiger partial charge in [-0.1, -0.05) is 6.92 Å². The maximum absolute atomic E-state index is 13.1. The lowest BCUT2D eigenvalue weighted by Crippen LogP contribution is -2.37. The first-order valence-corrected chi connectivity index (χ1v) is 11.6. The fraction of sp³-hybridized carbons (Fsp3) is 0.560. The molecular weight excluding hydrogens is 395 g/mol. The van der Waals surface area contributed by atoms with E-state index in [9.17, 15) is 19.4 Å². The first-order valence-electron chi connectivity index (χ1n) is 11.6. The van der Waals surface area contributed by atoms with E-state index in [1.165, 1.54) is 12.1 Å². The molecule has 5 nitrogen and oxygen atoms in total. The van der Waals surface area contributed by atoms with Gasteiger partial charge in [0.1, 0.15) is 5.82 Å². The second kappa shape index (κ2) is 9.43. The lowest BCUT2D eigenvalue weighted by Gasteiger charge is -2.31. The van der Waals surface area contributed by atoms with Crippen molar-refractivity contribution in [2.45, 2.75) is 58.4 Å². The van der Waals surface area contributed by atoms with Crippen LogP contribution in [0.1, 0.15) is 60.5 Å². The molecule has 1 aromatic carbocycles. The van der Waals surface area contributed by atoms with Crippen LogP contribution < -0.4 is 0 Å². The number of aromatic nitrogens is 1. The summed E-state index contributed by atoms with van der Waals surface area (Å²) in [5.41, 5.74) is 2.47. The molecule has 2 heterocycles. The SMILES string of the molecule is CC1CCc2c(c(O)n(CCCCN3CCC(C(=O)c4ccc(F)cc4)CC3)c2O)C1. The predicted molar refractivity (Wildman–Crippen MR) is 118 cm³/mol. The smallest absolute Gasteiger partial charge is 0.197 e. The van der Waals surface area contributed by atoms with E-state index in [4.69, 9.17) is 0 Å². The zero-order valence-corrected chi connectivity index (χ0v) is 18.3. The number of carbonyl (C=O) groups is 1. The molecule has 0 amide bonds. The number of hydrogen-bond donors (Lipinski definition) is 2. The van der Waals surface area contributed by atoms with E-state index < -0.39 is 0 Å². The number of nitrogens with zero attached hydrogens (tertiary/aromatic N) is 2. The molecule has 0 radical (unpaired) electrons. The van der Waals surface area contributed by atoms with Crippen LogP contribution in [0, 0.1) is 17.7 Å². The largest absolute Gasteiger partial charge is 0.494 e. The van der Waals surface area contributed by atoms with Gasteiger partial charge in [0, 0.05) is 29.2 Å². The minimum atomic E-state index is -0.317. The van der Waals surface area contributed by atoms with Crippen molar-refractivity contribution in [1.29, 1.82) is 0 Å². The molecule has 1 saturated heterocycles. The molecule has 1 aromatic heterocycles. The zero-order valence-electron chi connectivity index (χ0n) is 18.3. The lowest BCUT2D eigenvalue weighted by atomic mass is 9.87. The van der Waals surface area contributed by atoms with Crippen molar-refractivity contribution in [1.82, 2.24) is 9.47 Å². The van der Waals surface area contributed by atoms with Crippen molar-refractivity contribution < 1.29 is 19.4 Å². The Labute approximate surface area is 183 Å². The van der Waals surface area contributed by atoms with Gasteiger partial charge in [-0.05, 0) is 94.8 Å². The summed E-state index contributed by atoms with van der Waals surface area (Å²) >= 11 is 0. The molecule has 1 aliphatic heterocycles. The summed E-state index contributed by atoms with van der Waals surface area (Å²) in [6.45, 7) is 5.55. The number of rotatable bonds is 7. The van der Waals surface area contributed by atoms with Crippen LogP contribution in [0.25, 0.3) is 0 Å². The average Bonchev–Trinajstić information content (AvgIpc) is 3.01. The normalized spacial score (nSPS) is 20.0. The van der Waals surface area contributed by atoms with Crippen molar-refractivity contribution in [2.24, 2.45) is 11.8 Å². The minimum Gasteiger partial charge on any atom is -0.494 e. The van der Waals surface area contributed by atoms with Crippen LogP contribution in [0.5, 0.6) is 11.8 Å². The number of fused-ring (bicyclic) bond motifs is 1. The van der Waals surface area contributed by atoms with Crippen LogP contribution in [0.3, 0.4) is 0 Å². The third-order valence-electron chi connectivity index (χ3n) is 7.05. The third kappa shape index (κ3) is 4.79. The predicted octanol–water partition coefficient (Wildman–Crippen LogP) is 4.54. The fourth-order valence-corrected chi connectivity index (χ4v) is 5.10. The summed E-state index contributed by atoms with van der Waals surface area (Å²) < 4.78 is 14.7. The van der Waals surface area contributed by atoms with Gasteiger partial charge < -0.3 is 15.1 Å². The average molecular weight is 429 g/mol. The Bertz CT molecular complexity index is 914. The van der Waals surface area contributed by atoms with Gasteiger partial charge in [0.15, 0.2) is 17.5 Å². The first-order chi connectivity index (χ1) is 14.9. The molecule has 2 aromatic rings. The number of ketones is 1. The summed E-state index contributed by atoms with van der Waals surface area (Å²) in [4.78, 5) is 15.0. The minimum absolute atomic E-state index is 0.0178. The van der Waals surface area contributed by atoms with Gasteiger partial charge >= 0.3 is 0 Å². The van der Waals surface area contributed by atoms with Gasteiger partial charge in [0.05, 0.1) is 0 Å². The Morgan fingerprint density at radius 2 is 1.65 bits per heavy atom. The zero-order chi connectivity index (χ0) is 22.0. The van der Waals surface area contributed by atoms with Crippen LogP contribution in [0.2, 0.25) is 0 Å². The highest BCUT2D eigenvalue weighted by Crippen LogP contribution is 2.40. The highest BCUT2D eigenvalue weighted by Gasteiger charge is 2.28. The van der Waals surface area contributed by atoms with Gasteiger partial charge in [0.2, 0.25) is 0 Å². The highest BCUT2D eigenvalue weighted by atomic mass is 19.1. The standard InChI is InChI=1S/C25H33FN2O3/c1-17-4-9-21-22(16-17)25(31)28(24(21)30)13-3-2-12-27-14-10-19(11-15-27)23(29)18-5-7-20(26)8-6-18/h5-8,17,19,30-31H,2-4,9-16H2,1H3. The number of Topliss-reactive ketones (excluding diaryl/α,β-unsaturated/α-hetero) is 1. The van der Waals surface area contributed by atoms with Crippen molar-refractivity contribution in [3.05, 3.63) is 46.8 Å². The summed E-state index contributed by atoms with van der Waals surface area (Å²) in [5.74, 6) is 0.869. The van der Waals surface area contributed by atoms with Crippen LogP contribution in [-0.2, 0) is 19.4 Å². The van der Waals surface area contributed by atoms with Crippen molar-refractivity contribution in [3.8, 4) is 11.8 Å². The Balaban J connectivity index is 1.21. The van der Waals surface area contributed by atoms with Gasteiger partial charge in [-0.15, -0.1) is 0 Å². The van der Waals surface area contributed by atoms with Crippen molar-refractivity contribution in [2.75, 3.05) is 19.6 Å². The molecule has 1 unspecified atom stereocenters. The third-order valence-corrected chi connectivity index (χ3v) is 7.05. The van der Waals surface area contributed by atoms with Crippen LogP contribution in [0.4, 0.5) is 4.39 Å². The lowest BCUT2D eigenvalue weighted by molar-refractivity contribution is 0.0838. The van der Waals surface area contributed by atoms with E-state index >= 15 is 0 Å². The molecule has 0 spiro atoms. The maximum Gasteiger partial charge on any atom is 0.197 e. The Morgan fingerprint density at radius 3 is 2.35 bits per heavy atom. The second-order valence-electron chi connectivity index (χ2n) is 9.30. The molecule has 0 saturated carbocycles. The molecule has 1 aliphatic carbocycles. The van der Waals surface area contributed by atoms with Crippen molar-refractivity contribution >= 4 is 5.78 Å². The number of benzene rings is 1. The number of hydrogen-bond acceptors (Lipinski definition) is 4. The molecule has 2 N–H and O–H groups in total. The number of halogens is 1. The van der Waals surface area contributed by atoms with E-state index in [-0.39, 0.29) is 29.3 Å². The van der Waals surface area contributed by atoms with Crippen LogP contribution in [-0.4, -0.2) is 45.1 Å². The van der Waals surface area contributed by atoms with E-state index in [0.717, 1.165) is 75.7 Å². The quantitative estimate of drug-likeness (QED) is 0.502. The summed E-state index contributed by atoms with van der Waals surface area (Å²) in [5, 5.41) is 21.1. The second-order valence-corrected chi connectivity index (χ2v) is 9.30. The molecule has 6 heteroatoms. The molecule has 0 bridgehead atoms. The Kier molecular flexibility index (Phi) is 6.65. The van der Waals surface area contributed by atoms with E-state index in [0.29, 0.717) is 18.0 Å². The molecule has 1 atom stereocenters. The molecule has 2 aliphatic rings. The number of piperidine rings is 1. The fourth-order valence-electron chi connectivity index (χ4n) is 5.10. The summed E-state index contributed by atoms with van der Waals surface area (Å²) in [6, 6.07) is 5.85. The number of carbonyl (C=O) groups excluding carboxylic acids is 1. The molecule has 31 heavy (non-hydrogen) atoms. The van der Waals surface area contributed by atoms with Gasteiger partial charge in [0.25, 0.3) is 0 Å². The molecular formula is C25H33FN2O3. The molecule has 4 rings (SSSR count). The van der Waals surface area contributed by atoms with Gasteiger partial charge in [-0.3, -0.25) is 9.36 Å². The summed E-state index contributed by atoms with van der Waals surface area (Å²) in [7, 11) is 0. The summed E-state index contributed by atoms with van der Waals surface area (Å²) in [6.07, 6.45) is 6.28. The molecule has 1 fully saturated rings. The highest BCUT2D eigenvalue weighted by molar-refractivity contribution is 5.97. The van der Waals surface area contributed by atoms with Crippen molar-refractivity contribution in [3.63, 3.8) is 0 Å². The number of likely N-dealkylation sites (tertiary alicyclic amines) is 1. The topological polar surface area (TPSA) is 65.7 Å². The monoisotopic (exact) mass is 428 g/mol. The van der Waals surface area contributed by atoms with E-state index in [1.807, 2.05) is 0 Å². The van der Waals surface area contributed by atoms with Crippen LogP contribution in [0.15, 0.2) is 24.3 Å². The first kappa shape index (κ1) is 21.9. The van der Waals surface area contributed by atoms with Gasteiger partial charge in [-0.25, -0.2) is 4.39 Å².